The summed E-state index contributed by atoms with van der Waals surface area (Å²) in [6.45, 7) is 1.51. The quantitative estimate of drug-likeness (QED) is 0.802. The molecular formula is C12H20N6O2. The second-order valence-electron chi connectivity index (χ2n) is 5.11. The molecule has 1 aromatic heterocycles. The molecule has 8 nitrogen and oxygen atoms in total. The van der Waals surface area contributed by atoms with E-state index in [9.17, 15) is 9.59 Å². The summed E-state index contributed by atoms with van der Waals surface area (Å²) in [5, 5.41) is 9.23. The topological polar surface area (TPSA) is 94.2 Å². The predicted octanol–water partition coefficient (Wildman–Crippen LogP) is -0.185. The van der Waals surface area contributed by atoms with Crippen molar-refractivity contribution in [2.45, 2.75) is 19.4 Å². The van der Waals surface area contributed by atoms with Gasteiger partial charge in [-0.2, -0.15) is 5.10 Å². The number of hydrogen-bond acceptors (Lipinski definition) is 4. The molecule has 2 heterocycles. The van der Waals surface area contributed by atoms with Gasteiger partial charge in [-0.15, -0.1) is 0 Å². The van der Waals surface area contributed by atoms with Gasteiger partial charge in [0.1, 0.15) is 12.2 Å². The molecule has 2 rings (SSSR count). The van der Waals surface area contributed by atoms with E-state index < -0.39 is 0 Å². The van der Waals surface area contributed by atoms with Crippen LogP contribution in [0.15, 0.2) is 6.33 Å². The maximum Gasteiger partial charge on any atom is 0.319 e. The second-order valence-corrected chi connectivity index (χ2v) is 5.11. The van der Waals surface area contributed by atoms with E-state index in [4.69, 9.17) is 0 Å². The number of carbonyl (C=O) groups is 2. The van der Waals surface area contributed by atoms with Crippen molar-refractivity contribution in [2.75, 3.05) is 27.2 Å². The molecule has 1 saturated heterocycles. The number of aromatic amines is 1. The first kappa shape index (κ1) is 14.3. The minimum atomic E-state index is -0.157. The largest absolute Gasteiger partial charge is 0.349 e. The highest BCUT2D eigenvalue weighted by molar-refractivity contribution is 5.80. The van der Waals surface area contributed by atoms with Gasteiger partial charge < -0.3 is 15.1 Å². The lowest BCUT2D eigenvalue weighted by molar-refractivity contribution is -0.126. The molecule has 8 heteroatoms. The molecule has 1 unspecified atom stereocenters. The molecule has 1 aliphatic rings. The van der Waals surface area contributed by atoms with Gasteiger partial charge in [-0.3, -0.25) is 9.89 Å². The predicted molar refractivity (Wildman–Crippen MR) is 71.6 cm³/mol. The van der Waals surface area contributed by atoms with Crippen LogP contribution in [0, 0.1) is 5.92 Å². The van der Waals surface area contributed by atoms with Crippen LogP contribution in [0.1, 0.15) is 18.7 Å². The fourth-order valence-corrected chi connectivity index (χ4v) is 2.28. The molecule has 2 N–H and O–H groups in total. The van der Waals surface area contributed by atoms with Gasteiger partial charge in [-0.05, 0) is 12.8 Å². The number of rotatable bonds is 3. The first-order chi connectivity index (χ1) is 9.58. The third-order valence-corrected chi connectivity index (χ3v) is 3.34. The molecular weight excluding hydrogens is 260 g/mol. The summed E-state index contributed by atoms with van der Waals surface area (Å²) in [7, 11) is 3.44. The highest BCUT2D eigenvalue weighted by Gasteiger charge is 2.28. The molecule has 1 atom stereocenters. The van der Waals surface area contributed by atoms with E-state index >= 15 is 0 Å². The normalized spacial score (nSPS) is 18.7. The molecule has 0 spiro atoms. The smallest absolute Gasteiger partial charge is 0.319 e. The number of nitrogens with one attached hydrogen (secondary N) is 2. The molecule has 1 fully saturated rings. The molecule has 0 saturated carbocycles. The van der Waals surface area contributed by atoms with Crippen molar-refractivity contribution in [3.63, 3.8) is 0 Å². The molecule has 0 bridgehead atoms. The Morgan fingerprint density at radius 3 is 3.00 bits per heavy atom. The molecule has 110 valence electrons. The Labute approximate surface area is 117 Å². The van der Waals surface area contributed by atoms with Crippen LogP contribution in [0.4, 0.5) is 4.79 Å². The van der Waals surface area contributed by atoms with Crippen LogP contribution in [-0.4, -0.2) is 64.1 Å². The van der Waals surface area contributed by atoms with E-state index in [0.717, 1.165) is 12.8 Å². The first-order valence-corrected chi connectivity index (χ1v) is 6.66. The third-order valence-electron chi connectivity index (χ3n) is 3.34. The average Bonchev–Trinajstić information content (AvgIpc) is 2.97. The van der Waals surface area contributed by atoms with Crippen molar-refractivity contribution in [1.29, 1.82) is 0 Å². The van der Waals surface area contributed by atoms with Crippen LogP contribution in [0.3, 0.4) is 0 Å². The zero-order valence-corrected chi connectivity index (χ0v) is 11.8. The zero-order valence-electron chi connectivity index (χ0n) is 11.8. The Balaban J connectivity index is 1.85. The fourth-order valence-electron chi connectivity index (χ4n) is 2.28. The van der Waals surface area contributed by atoms with E-state index in [0.29, 0.717) is 25.5 Å². The molecule has 20 heavy (non-hydrogen) atoms. The van der Waals surface area contributed by atoms with Crippen molar-refractivity contribution in [2.24, 2.45) is 5.92 Å². The number of hydrogen-bond donors (Lipinski definition) is 2. The number of aromatic nitrogens is 3. The lowest BCUT2D eigenvalue weighted by Crippen LogP contribution is -2.48. The van der Waals surface area contributed by atoms with E-state index in [1.807, 2.05) is 0 Å². The Hall–Kier alpha value is -2.12. The second kappa shape index (κ2) is 6.36. The van der Waals surface area contributed by atoms with Crippen molar-refractivity contribution < 1.29 is 9.59 Å². The SMILES string of the molecule is CN(C)C(=O)N1CCCC(C(=O)NCc2ncn[nH]2)C1. The highest BCUT2D eigenvalue weighted by atomic mass is 16.2. The number of amides is 3. The Kier molecular flexibility index (Phi) is 4.54. The summed E-state index contributed by atoms with van der Waals surface area (Å²) in [5.74, 6) is 0.420. The van der Waals surface area contributed by atoms with E-state index in [2.05, 4.69) is 20.5 Å². The summed E-state index contributed by atoms with van der Waals surface area (Å²) in [6.07, 6.45) is 3.05. The van der Waals surface area contributed by atoms with Gasteiger partial charge in [0.15, 0.2) is 0 Å². The molecule has 0 radical (unpaired) electrons. The van der Waals surface area contributed by atoms with Gasteiger partial charge >= 0.3 is 6.03 Å². The standard InChI is InChI=1S/C12H20N6O2/c1-17(2)12(20)18-5-3-4-9(7-18)11(19)13-6-10-14-8-15-16-10/h8-9H,3-7H2,1-2H3,(H,13,19)(H,14,15,16). The molecule has 1 aromatic rings. The van der Waals surface area contributed by atoms with E-state index in [1.54, 1.807) is 19.0 Å². The number of urea groups is 1. The van der Waals surface area contributed by atoms with Gasteiger partial charge in [-0.1, -0.05) is 0 Å². The minimum absolute atomic E-state index is 0.0438. The van der Waals surface area contributed by atoms with Crippen LogP contribution in [0.5, 0.6) is 0 Å². The van der Waals surface area contributed by atoms with Gasteiger partial charge in [-0.25, -0.2) is 9.78 Å². The number of likely N-dealkylation sites (tertiary alicyclic amines) is 1. The van der Waals surface area contributed by atoms with Gasteiger partial charge in [0.05, 0.1) is 12.5 Å². The van der Waals surface area contributed by atoms with E-state index in [1.165, 1.54) is 11.2 Å². The van der Waals surface area contributed by atoms with Gasteiger partial charge in [0.2, 0.25) is 5.91 Å². The van der Waals surface area contributed by atoms with Crippen LogP contribution in [0.25, 0.3) is 0 Å². The molecule has 3 amide bonds. The van der Waals surface area contributed by atoms with Crippen LogP contribution < -0.4 is 5.32 Å². The van der Waals surface area contributed by atoms with Crippen molar-refractivity contribution in [3.8, 4) is 0 Å². The van der Waals surface area contributed by atoms with Crippen molar-refractivity contribution in [1.82, 2.24) is 30.3 Å². The van der Waals surface area contributed by atoms with Crippen LogP contribution in [-0.2, 0) is 11.3 Å². The summed E-state index contributed by atoms with van der Waals surface area (Å²) in [4.78, 5) is 31.2. The Bertz CT molecular complexity index is 459. The molecule has 0 aliphatic carbocycles. The summed E-state index contributed by atoms with van der Waals surface area (Å²) >= 11 is 0. The number of carbonyl (C=O) groups excluding carboxylic acids is 2. The number of piperidine rings is 1. The fraction of sp³-hybridized carbons (Fsp3) is 0.667. The first-order valence-electron chi connectivity index (χ1n) is 6.66. The van der Waals surface area contributed by atoms with Crippen molar-refractivity contribution >= 4 is 11.9 Å². The van der Waals surface area contributed by atoms with Crippen molar-refractivity contribution in [3.05, 3.63) is 12.2 Å². The Morgan fingerprint density at radius 1 is 1.55 bits per heavy atom. The number of H-pyrrole nitrogens is 1. The lowest BCUT2D eigenvalue weighted by atomic mass is 9.97. The monoisotopic (exact) mass is 280 g/mol. The molecule has 0 aromatic carbocycles. The highest BCUT2D eigenvalue weighted by Crippen LogP contribution is 2.17. The number of nitrogens with zero attached hydrogens (tertiary/aromatic N) is 4. The maximum absolute atomic E-state index is 12.1. The van der Waals surface area contributed by atoms with Gasteiger partial charge in [0.25, 0.3) is 0 Å². The van der Waals surface area contributed by atoms with Gasteiger partial charge in [0, 0.05) is 27.2 Å². The van der Waals surface area contributed by atoms with E-state index in [-0.39, 0.29) is 17.9 Å². The zero-order chi connectivity index (χ0) is 14.5. The summed E-state index contributed by atoms with van der Waals surface area (Å²) in [5.41, 5.74) is 0. The lowest BCUT2D eigenvalue weighted by Gasteiger charge is -2.33. The van der Waals surface area contributed by atoms with Crippen LogP contribution in [0.2, 0.25) is 0 Å². The third kappa shape index (κ3) is 3.46. The van der Waals surface area contributed by atoms with Crippen LogP contribution >= 0.6 is 0 Å². The summed E-state index contributed by atoms with van der Waals surface area (Å²) < 4.78 is 0. The molecule has 1 aliphatic heterocycles. The Morgan fingerprint density at radius 2 is 2.35 bits per heavy atom. The minimum Gasteiger partial charge on any atom is -0.349 e. The average molecular weight is 280 g/mol. The maximum atomic E-state index is 12.1. The summed E-state index contributed by atoms with van der Waals surface area (Å²) in [6, 6.07) is -0.0438.